The van der Waals surface area contributed by atoms with E-state index < -0.39 is 0 Å². The van der Waals surface area contributed by atoms with Crippen LogP contribution in [0.4, 0.5) is 0 Å². The summed E-state index contributed by atoms with van der Waals surface area (Å²) in [6.07, 6.45) is 1.75. The van der Waals surface area contributed by atoms with Gasteiger partial charge in [-0.2, -0.15) is 0 Å². The Labute approximate surface area is 93.7 Å². The standard InChI is InChI=1S/C11H11N3S/c1-7-2-4-8(5-3-7)9-6-13-11(15)14-10(9)12/h2-6,9H,1H3,(H2,12,14,15). The molecule has 1 aliphatic heterocycles. The summed E-state index contributed by atoms with van der Waals surface area (Å²) in [6.45, 7) is 2.05. The average molecular weight is 217 g/mol. The predicted molar refractivity (Wildman–Crippen MR) is 66.6 cm³/mol. The zero-order valence-electron chi connectivity index (χ0n) is 8.34. The van der Waals surface area contributed by atoms with Crippen molar-refractivity contribution in [3.8, 4) is 0 Å². The quantitative estimate of drug-likeness (QED) is 0.729. The van der Waals surface area contributed by atoms with Crippen LogP contribution in [0.15, 0.2) is 34.3 Å². The summed E-state index contributed by atoms with van der Waals surface area (Å²) in [7, 11) is 0. The van der Waals surface area contributed by atoms with Crippen molar-refractivity contribution < 1.29 is 0 Å². The van der Waals surface area contributed by atoms with E-state index >= 15 is 0 Å². The van der Waals surface area contributed by atoms with Crippen LogP contribution >= 0.6 is 12.2 Å². The third-order valence-electron chi connectivity index (χ3n) is 2.31. The molecule has 0 saturated carbocycles. The molecule has 1 unspecified atom stereocenters. The van der Waals surface area contributed by atoms with Crippen LogP contribution in [0.1, 0.15) is 17.0 Å². The average Bonchev–Trinajstić information content (AvgIpc) is 2.20. The van der Waals surface area contributed by atoms with Crippen LogP contribution in [0.3, 0.4) is 0 Å². The molecule has 1 aromatic rings. The van der Waals surface area contributed by atoms with E-state index in [1.54, 1.807) is 6.21 Å². The Balaban J connectivity index is 2.32. The second-order valence-electron chi connectivity index (χ2n) is 3.49. The van der Waals surface area contributed by atoms with Crippen LogP contribution in [-0.4, -0.2) is 17.2 Å². The van der Waals surface area contributed by atoms with Crippen molar-refractivity contribution >= 4 is 29.4 Å². The van der Waals surface area contributed by atoms with Crippen LogP contribution in [-0.2, 0) is 0 Å². The van der Waals surface area contributed by atoms with Crippen molar-refractivity contribution in [2.45, 2.75) is 12.8 Å². The number of aryl methyl sites for hydroxylation is 1. The molecule has 3 nitrogen and oxygen atoms in total. The highest BCUT2D eigenvalue weighted by Crippen LogP contribution is 2.17. The number of aliphatic imine (C=N–C) groups is 2. The molecule has 0 spiro atoms. The van der Waals surface area contributed by atoms with Gasteiger partial charge < -0.3 is 5.73 Å². The lowest BCUT2D eigenvalue weighted by molar-refractivity contribution is 1.17. The second kappa shape index (κ2) is 3.90. The van der Waals surface area contributed by atoms with Crippen LogP contribution in [0, 0.1) is 6.92 Å². The van der Waals surface area contributed by atoms with Gasteiger partial charge in [-0.05, 0) is 24.7 Å². The van der Waals surface area contributed by atoms with Gasteiger partial charge >= 0.3 is 0 Å². The molecule has 1 atom stereocenters. The number of hydrogen-bond donors (Lipinski definition) is 1. The van der Waals surface area contributed by atoms with Gasteiger partial charge in [-0.1, -0.05) is 29.8 Å². The van der Waals surface area contributed by atoms with Crippen molar-refractivity contribution in [3.63, 3.8) is 0 Å². The molecular formula is C11H11N3S. The predicted octanol–water partition coefficient (Wildman–Crippen LogP) is 1.81. The zero-order chi connectivity index (χ0) is 10.8. The van der Waals surface area contributed by atoms with Crippen molar-refractivity contribution in [2.75, 3.05) is 0 Å². The Hall–Kier alpha value is -1.55. The molecule has 2 N–H and O–H groups in total. The summed E-state index contributed by atoms with van der Waals surface area (Å²) >= 11 is 4.84. The summed E-state index contributed by atoms with van der Waals surface area (Å²) in [6, 6.07) is 8.15. The molecule has 0 aromatic heterocycles. The fraction of sp³-hybridized carbons (Fsp3) is 0.182. The van der Waals surface area contributed by atoms with Crippen molar-refractivity contribution in [2.24, 2.45) is 15.7 Å². The van der Waals surface area contributed by atoms with Gasteiger partial charge in [0, 0.05) is 6.21 Å². The zero-order valence-corrected chi connectivity index (χ0v) is 9.16. The molecule has 0 saturated heterocycles. The molecule has 15 heavy (non-hydrogen) atoms. The molecule has 76 valence electrons. The minimum atomic E-state index is -0.0442. The van der Waals surface area contributed by atoms with E-state index in [1.165, 1.54) is 5.56 Å². The third-order valence-corrected chi connectivity index (χ3v) is 2.51. The monoisotopic (exact) mass is 217 g/mol. The lowest BCUT2D eigenvalue weighted by Gasteiger charge is -2.15. The minimum Gasteiger partial charge on any atom is -0.386 e. The van der Waals surface area contributed by atoms with Gasteiger partial charge in [-0.3, -0.25) is 0 Å². The molecule has 1 aliphatic rings. The van der Waals surface area contributed by atoms with Crippen LogP contribution in [0.5, 0.6) is 0 Å². The molecule has 2 rings (SSSR count). The minimum absolute atomic E-state index is 0.0442. The van der Waals surface area contributed by atoms with Gasteiger partial charge in [0.1, 0.15) is 5.84 Å². The first-order valence-electron chi connectivity index (χ1n) is 4.65. The van der Waals surface area contributed by atoms with Gasteiger partial charge in [-0.25, -0.2) is 9.98 Å². The molecular weight excluding hydrogens is 206 g/mol. The molecule has 0 radical (unpaired) electrons. The van der Waals surface area contributed by atoms with Gasteiger partial charge in [0.05, 0.1) is 5.92 Å². The van der Waals surface area contributed by atoms with Crippen molar-refractivity contribution in [1.29, 1.82) is 0 Å². The maximum absolute atomic E-state index is 5.81. The first-order valence-corrected chi connectivity index (χ1v) is 5.06. The maximum atomic E-state index is 5.81. The molecule has 4 heteroatoms. The summed E-state index contributed by atoms with van der Waals surface area (Å²) in [5.41, 5.74) is 8.12. The summed E-state index contributed by atoms with van der Waals surface area (Å²) in [5, 5.41) is 0.302. The lowest BCUT2D eigenvalue weighted by atomic mass is 9.98. The molecule has 0 amide bonds. The number of benzene rings is 1. The number of thiocarbonyl (C=S) groups is 1. The number of nitrogens with two attached hydrogens (primary N) is 1. The molecule has 1 aromatic carbocycles. The molecule has 0 bridgehead atoms. The second-order valence-corrected chi connectivity index (χ2v) is 3.85. The van der Waals surface area contributed by atoms with E-state index in [4.69, 9.17) is 18.0 Å². The first-order chi connectivity index (χ1) is 7.16. The van der Waals surface area contributed by atoms with E-state index in [9.17, 15) is 0 Å². The Morgan fingerprint density at radius 1 is 1.27 bits per heavy atom. The highest BCUT2D eigenvalue weighted by Gasteiger charge is 2.17. The Bertz CT molecular complexity index is 445. The van der Waals surface area contributed by atoms with E-state index in [0.717, 1.165) is 5.56 Å². The SMILES string of the molecule is Cc1ccc(C2C=NC(=S)N=C2N)cc1. The summed E-state index contributed by atoms with van der Waals surface area (Å²) in [4.78, 5) is 7.99. The van der Waals surface area contributed by atoms with E-state index in [-0.39, 0.29) is 5.92 Å². The van der Waals surface area contributed by atoms with E-state index in [0.29, 0.717) is 10.9 Å². The summed E-state index contributed by atoms with van der Waals surface area (Å²) < 4.78 is 0. The molecule has 0 aliphatic carbocycles. The maximum Gasteiger partial charge on any atom is 0.220 e. The van der Waals surface area contributed by atoms with Crippen LogP contribution in [0.25, 0.3) is 0 Å². The Morgan fingerprint density at radius 2 is 1.93 bits per heavy atom. The van der Waals surface area contributed by atoms with Gasteiger partial charge in [0.15, 0.2) is 0 Å². The van der Waals surface area contributed by atoms with Crippen LogP contribution < -0.4 is 5.73 Å². The number of rotatable bonds is 1. The normalized spacial score (nSPS) is 20.2. The largest absolute Gasteiger partial charge is 0.386 e. The number of hydrogen-bond acceptors (Lipinski definition) is 2. The van der Waals surface area contributed by atoms with Gasteiger partial charge in [0.2, 0.25) is 5.11 Å². The van der Waals surface area contributed by atoms with Crippen molar-refractivity contribution in [3.05, 3.63) is 35.4 Å². The van der Waals surface area contributed by atoms with Crippen LogP contribution in [0.2, 0.25) is 0 Å². The van der Waals surface area contributed by atoms with Crippen molar-refractivity contribution in [1.82, 2.24) is 0 Å². The Kier molecular flexibility index (Phi) is 2.60. The molecule has 1 heterocycles. The number of amidine groups is 1. The van der Waals surface area contributed by atoms with Gasteiger partial charge in [0.25, 0.3) is 0 Å². The summed E-state index contributed by atoms with van der Waals surface area (Å²) in [5.74, 6) is 0.469. The third kappa shape index (κ3) is 2.10. The number of nitrogens with zero attached hydrogens (tertiary/aromatic N) is 2. The Morgan fingerprint density at radius 3 is 2.53 bits per heavy atom. The highest BCUT2D eigenvalue weighted by atomic mass is 32.1. The smallest absolute Gasteiger partial charge is 0.220 e. The van der Waals surface area contributed by atoms with Gasteiger partial charge in [-0.15, -0.1) is 0 Å². The lowest BCUT2D eigenvalue weighted by Crippen LogP contribution is -2.27. The van der Waals surface area contributed by atoms with E-state index in [2.05, 4.69) is 9.98 Å². The van der Waals surface area contributed by atoms with E-state index in [1.807, 2.05) is 31.2 Å². The molecule has 0 fully saturated rings. The first kappa shape index (κ1) is 9.98. The topological polar surface area (TPSA) is 50.7 Å². The fourth-order valence-electron chi connectivity index (χ4n) is 1.45. The fourth-order valence-corrected chi connectivity index (χ4v) is 1.62. The highest BCUT2D eigenvalue weighted by molar-refractivity contribution is 7.80.